The average molecular weight is 222 g/mol. The zero-order chi connectivity index (χ0) is 11.7. The van der Waals surface area contributed by atoms with Crippen molar-refractivity contribution in [3.8, 4) is 0 Å². The van der Waals surface area contributed by atoms with Crippen molar-refractivity contribution in [2.45, 2.75) is 32.0 Å². The molecular formula is C11H15BO4. The van der Waals surface area contributed by atoms with E-state index in [1.54, 1.807) is 0 Å². The Balaban J connectivity index is 2.30. The molecule has 1 unspecified atom stereocenters. The fraction of sp³-hybridized carbons (Fsp3) is 0.545. The smallest absolute Gasteiger partial charge is 0.525 e. The molecule has 1 atom stereocenters. The molecule has 0 aromatic carbocycles. The first kappa shape index (κ1) is 11.3. The predicted octanol–water partition coefficient (Wildman–Crippen LogP) is 1.42. The van der Waals surface area contributed by atoms with Gasteiger partial charge < -0.3 is 14.4 Å². The summed E-state index contributed by atoms with van der Waals surface area (Å²) in [6.45, 7) is 1.94. The Morgan fingerprint density at radius 1 is 1.69 bits per heavy atom. The van der Waals surface area contributed by atoms with Crippen LogP contribution in [-0.4, -0.2) is 25.2 Å². The minimum atomic E-state index is -0.829. The Bertz CT molecular complexity index is 372. The fourth-order valence-electron chi connectivity index (χ4n) is 2.14. The van der Waals surface area contributed by atoms with E-state index in [4.69, 9.17) is 9.39 Å². The van der Waals surface area contributed by atoms with Gasteiger partial charge in [-0.1, -0.05) is 13.0 Å². The first-order chi connectivity index (χ1) is 7.63. The van der Waals surface area contributed by atoms with Crippen molar-refractivity contribution in [2.75, 3.05) is 7.11 Å². The second kappa shape index (κ2) is 4.33. The quantitative estimate of drug-likeness (QED) is 0.538. The lowest BCUT2D eigenvalue weighted by molar-refractivity contribution is -0.136. The lowest BCUT2D eigenvalue weighted by Gasteiger charge is -2.30. The third kappa shape index (κ3) is 1.87. The van der Waals surface area contributed by atoms with E-state index < -0.39 is 13.1 Å². The molecule has 0 amide bonds. The molecule has 0 aromatic heterocycles. The lowest BCUT2D eigenvalue weighted by Crippen LogP contribution is -2.31. The van der Waals surface area contributed by atoms with Gasteiger partial charge in [0.1, 0.15) is 5.76 Å². The van der Waals surface area contributed by atoms with Gasteiger partial charge in [-0.2, -0.15) is 0 Å². The summed E-state index contributed by atoms with van der Waals surface area (Å²) in [5.74, 6) is 0.216. The van der Waals surface area contributed by atoms with Gasteiger partial charge in [0.25, 0.3) is 0 Å². The number of allylic oxidation sites excluding steroid dienone is 2. The Hall–Kier alpha value is -1.23. The van der Waals surface area contributed by atoms with Crippen LogP contribution in [0.2, 0.25) is 5.82 Å². The summed E-state index contributed by atoms with van der Waals surface area (Å²) in [7, 11) is 0.518. The monoisotopic (exact) mass is 222 g/mol. The van der Waals surface area contributed by atoms with Crippen molar-refractivity contribution in [3.05, 3.63) is 23.0 Å². The Labute approximate surface area is 95.1 Å². The molecule has 0 radical (unpaired) electrons. The predicted molar refractivity (Wildman–Crippen MR) is 59.5 cm³/mol. The molecule has 0 fully saturated rings. The minimum absolute atomic E-state index is 0.0794. The van der Waals surface area contributed by atoms with Crippen molar-refractivity contribution in [1.82, 2.24) is 0 Å². The van der Waals surface area contributed by atoms with Crippen molar-refractivity contribution < 1.29 is 19.2 Å². The van der Waals surface area contributed by atoms with Crippen LogP contribution in [0.4, 0.5) is 0 Å². The van der Waals surface area contributed by atoms with Gasteiger partial charge in [-0.25, -0.2) is 4.79 Å². The molecule has 16 heavy (non-hydrogen) atoms. The molecule has 1 aliphatic carbocycles. The first-order valence-electron chi connectivity index (χ1n) is 5.49. The van der Waals surface area contributed by atoms with Gasteiger partial charge in [-0.3, -0.25) is 0 Å². The molecule has 0 saturated heterocycles. The molecule has 1 aliphatic heterocycles. The molecule has 2 aliphatic rings. The first-order valence-corrected chi connectivity index (χ1v) is 5.49. The summed E-state index contributed by atoms with van der Waals surface area (Å²) in [5.41, 5.74) is 1.57. The number of rotatable bonds is 1. The van der Waals surface area contributed by atoms with E-state index in [1.807, 2.05) is 13.0 Å². The van der Waals surface area contributed by atoms with E-state index in [0.29, 0.717) is 11.3 Å². The zero-order valence-corrected chi connectivity index (χ0v) is 9.53. The van der Waals surface area contributed by atoms with Gasteiger partial charge in [0.2, 0.25) is 0 Å². The van der Waals surface area contributed by atoms with E-state index in [1.165, 1.54) is 7.11 Å². The summed E-state index contributed by atoms with van der Waals surface area (Å²) in [5, 5.41) is 9.65. The molecule has 86 valence electrons. The summed E-state index contributed by atoms with van der Waals surface area (Å²) in [4.78, 5) is 11.5. The van der Waals surface area contributed by atoms with Crippen LogP contribution in [0, 0.1) is 0 Å². The van der Waals surface area contributed by atoms with Crippen molar-refractivity contribution >= 4 is 13.1 Å². The Morgan fingerprint density at radius 3 is 3.12 bits per heavy atom. The van der Waals surface area contributed by atoms with Crippen LogP contribution in [0.15, 0.2) is 23.0 Å². The van der Waals surface area contributed by atoms with Gasteiger partial charge in [0.15, 0.2) is 0 Å². The van der Waals surface area contributed by atoms with Crippen LogP contribution in [0.25, 0.3) is 0 Å². The highest BCUT2D eigenvalue weighted by Crippen LogP contribution is 2.38. The van der Waals surface area contributed by atoms with Gasteiger partial charge >= 0.3 is 13.1 Å². The Kier molecular flexibility index (Phi) is 3.05. The number of hydrogen-bond acceptors (Lipinski definition) is 4. The number of carbonyl (C=O) groups excluding carboxylic acids is 1. The molecule has 0 saturated carbocycles. The molecule has 0 aromatic rings. The zero-order valence-electron chi connectivity index (χ0n) is 9.53. The third-order valence-electron chi connectivity index (χ3n) is 3.06. The maximum Gasteiger partial charge on any atom is 0.525 e. The summed E-state index contributed by atoms with van der Waals surface area (Å²) in [6, 6.07) is 0. The van der Waals surface area contributed by atoms with Gasteiger partial charge in [-0.15, -0.1) is 0 Å². The number of methoxy groups -OCH3 is 1. The van der Waals surface area contributed by atoms with E-state index in [-0.39, 0.29) is 5.82 Å². The molecule has 4 nitrogen and oxygen atoms in total. The van der Waals surface area contributed by atoms with Crippen LogP contribution in [0.1, 0.15) is 26.2 Å². The highest BCUT2D eigenvalue weighted by Gasteiger charge is 2.36. The lowest BCUT2D eigenvalue weighted by atomic mass is 9.66. The minimum Gasteiger partial charge on any atom is -0.535 e. The fourth-order valence-corrected chi connectivity index (χ4v) is 2.14. The molecule has 1 N–H and O–H groups in total. The topological polar surface area (TPSA) is 55.8 Å². The van der Waals surface area contributed by atoms with Crippen molar-refractivity contribution in [1.29, 1.82) is 0 Å². The summed E-state index contributed by atoms with van der Waals surface area (Å²) in [6.07, 6.45) is 4.32. The van der Waals surface area contributed by atoms with E-state index >= 15 is 0 Å². The largest absolute Gasteiger partial charge is 0.535 e. The number of esters is 1. The van der Waals surface area contributed by atoms with Gasteiger partial charge in [0.05, 0.1) is 12.7 Å². The molecule has 5 heteroatoms. The van der Waals surface area contributed by atoms with E-state index in [0.717, 1.165) is 24.8 Å². The van der Waals surface area contributed by atoms with Crippen LogP contribution in [-0.2, 0) is 14.2 Å². The van der Waals surface area contributed by atoms with Crippen LogP contribution >= 0.6 is 0 Å². The number of ether oxygens (including phenoxy) is 1. The molecule has 1 heterocycles. The van der Waals surface area contributed by atoms with E-state index in [2.05, 4.69) is 0 Å². The summed E-state index contributed by atoms with van der Waals surface area (Å²) >= 11 is 0. The Morgan fingerprint density at radius 2 is 2.44 bits per heavy atom. The maximum atomic E-state index is 11.5. The second-order valence-corrected chi connectivity index (χ2v) is 4.27. The number of hydrogen-bond donors (Lipinski definition) is 1. The molecule has 2 rings (SSSR count). The molecular weight excluding hydrogens is 207 g/mol. The van der Waals surface area contributed by atoms with Crippen molar-refractivity contribution in [2.24, 2.45) is 0 Å². The summed E-state index contributed by atoms with van der Waals surface area (Å²) < 4.78 is 10.1. The standard InChI is InChI=1S/C11H15BO4/c1-7-6-8-4-3-5-9(11(13)15-2)10(8)16-12(7)14/h5,7,14H,3-4,6H2,1-2H3. The molecule has 0 bridgehead atoms. The number of carbonyl (C=O) groups is 1. The van der Waals surface area contributed by atoms with Crippen LogP contribution in [0.5, 0.6) is 0 Å². The second-order valence-electron chi connectivity index (χ2n) is 4.27. The third-order valence-corrected chi connectivity index (χ3v) is 3.06. The normalized spacial score (nSPS) is 24.6. The SMILES string of the molecule is COC(=O)C1=CCCC2=C1OB(O)C(C)C2. The van der Waals surface area contributed by atoms with Crippen molar-refractivity contribution in [3.63, 3.8) is 0 Å². The average Bonchev–Trinajstić information content (AvgIpc) is 2.29. The van der Waals surface area contributed by atoms with Crippen LogP contribution < -0.4 is 0 Å². The highest BCUT2D eigenvalue weighted by atomic mass is 16.5. The highest BCUT2D eigenvalue weighted by molar-refractivity contribution is 6.45. The van der Waals surface area contributed by atoms with E-state index in [9.17, 15) is 9.82 Å². The maximum absolute atomic E-state index is 11.5. The van der Waals surface area contributed by atoms with Crippen LogP contribution in [0.3, 0.4) is 0 Å². The molecule has 0 spiro atoms. The van der Waals surface area contributed by atoms with Gasteiger partial charge in [-0.05, 0) is 24.8 Å². The van der Waals surface area contributed by atoms with Gasteiger partial charge in [0, 0.05) is 5.82 Å².